The van der Waals surface area contributed by atoms with Crippen molar-refractivity contribution in [3.63, 3.8) is 0 Å². The molecular weight excluding hydrogens is 376 g/mol. The number of unbranched alkanes of at least 4 members (excludes halogenated alkanes) is 1. The first-order valence-corrected chi connectivity index (χ1v) is 9.62. The van der Waals surface area contributed by atoms with Gasteiger partial charge in [0.15, 0.2) is 0 Å². The fourth-order valence-corrected chi connectivity index (χ4v) is 2.66. The number of carbonyl (C=O) groups excluding carboxylic acids is 4. The van der Waals surface area contributed by atoms with E-state index in [2.05, 4.69) is 16.0 Å². The Balaban J connectivity index is 1.68. The fourth-order valence-electron chi connectivity index (χ4n) is 2.66. The molecule has 0 aliphatic carbocycles. The van der Waals surface area contributed by atoms with E-state index in [1.165, 1.54) is 4.90 Å². The maximum atomic E-state index is 12.2. The van der Waals surface area contributed by atoms with Crippen LogP contribution < -0.4 is 20.9 Å². The van der Waals surface area contributed by atoms with Gasteiger partial charge >= 0.3 is 12.1 Å². The summed E-state index contributed by atoms with van der Waals surface area (Å²) in [6.07, 6.45) is 1.22. The predicted octanol–water partition coefficient (Wildman–Crippen LogP) is 2.17. The topological polar surface area (TPSA) is 117 Å². The number of rotatable bonds is 7. The van der Waals surface area contributed by atoms with Crippen molar-refractivity contribution in [2.75, 3.05) is 24.5 Å². The molecule has 9 heteroatoms. The van der Waals surface area contributed by atoms with Crippen LogP contribution in [0.25, 0.3) is 0 Å². The predicted molar refractivity (Wildman–Crippen MR) is 108 cm³/mol. The third-order valence-corrected chi connectivity index (χ3v) is 4.05. The SMILES string of the molecule is CC(C)(C)OC(=O)NCCCCNC(=O)c1ccc(N2CCC(=O)NC2=O)cc1. The third kappa shape index (κ3) is 7.44. The van der Waals surface area contributed by atoms with Crippen molar-refractivity contribution < 1.29 is 23.9 Å². The van der Waals surface area contributed by atoms with Gasteiger partial charge in [0.05, 0.1) is 0 Å². The molecule has 2 rings (SSSR count). The Morgan fingerprint density at radius 3 is 2.28 bits per heavy atom. The first-order valence-electron chi connectivity index (χ1n) is 9.62. The number of carbonyl (C=O) groups is 4. The highest BCUT2D eigenvalue weighted by Crippen LogP contribution is 2.18. The number of amides is 5. The second-order valence-corrected chi connectivity index (χ2v) is 7.69. The molecule has 1 aromatic carbocycles. The standard InChI is InChI=1S/C20H28N4O5/c1-20(2,3)29-19(28)22-12-5-4-11-21-17(26)14-6-8-15(9-7-14)24-13-10-16(25)23-18(24)27/h6-9H,4-5,10-13H2,1-3H3,(H,21,26)(H,22,28)(H,23,25,27). The molecule has 0 radical (unpaired) electrons. The maximum absolute atomic E-state index is 12.2. The monoisotopic (exact) mass is 404 g/mol. The molecule has 1 aliphatic heterocycles. The van der Waals surface area contributed by atoms with Gasteiger partial charge < -0.3 is 15.4 Å². The van der Waals surface area contributed by atoms with E-state index in [1.54, 1.807) is 45.0 Å². The highest BCUT2D eigenvalue weighted by molar-refractivity contribution is 6.05. The van der Waals surface area contributed by atoms with E-state index in [-0.39, 0.29) is 18.2 Å². The molecular formula is C20H28N4O5. The van der Waals surface area contributed by atoms with Crippen molar-refractivity contribution in [1.82, 2.24) is 16.0 Å². The minimum atomic E-state index is -0.525. The minimum absolute atomic E-state index is 0.213. The fraction of sp³-hybridized carbons (Fsp3) is 0.500. The van der Waals surface area contributed by atoms with Crippen LogP contribution in [-0.2, 0) is 9.53 Å². The second-order valence-electron chi connectivity index (χ2n) is 7.69. The van der Waals surface area contributed by atoms with Gasteiger partial charge in [0.1, 0.15) is 5.60 Å². The normalized spacial score (nSPS) is 14.2. The first kappa shape index (κ1) is 22.2. The molecule has 1 saturated heterocycles. The molecule has 5 amide bonds. The van der Waals surface area contributed by atoms with Gasteiger partial charge in [0, 0.05) is 37.3 Å². The van der Waals surface area contributed by atoms with Crippen LogP contribution in [0.5, 0.6) is 0 Å². The minimum Gasteiger partial charge on any atom is -0.444 e. The molecule has 0 unspecified atom stereocenters. The van der Waals surface area contributed by atoms with Crippen LogP contribution in [0, 0.1) is 0 Å². The van der Waals surface area contributed by atoms with Gasteiger partial charge in [-0.25, -0.2) is 9.59 Å². The van der Waals surface area contributed by atoms with E-state index >= 15 is 0 Å². The number of anilines is 1. The number of hydrogen-bond acceptors (Lipinski definition) is 5. The quantitative estimate of drug-likeness (QED) is 0.602. The van der Waals surface area contributed by atoms with Crippen LogP contribution >= 0.6 is 0 Å². The van der Waals surface area contributed by atoms with E-state index < -0.39 is 17.7 Å². The Morgan fingerprint density at radius 1 is 1.07 bits per heavy atom. The highest BCUT2D eigenvalue weighted by atomic mass is 16.6. The smallest absolute Gasteiger partial charge is 0.407 e. The number of urea groups is 1. The molecule has 0 spiro atoms. The van der Waals surface area contributed by atoms with Gasteiger partial charge in [-0.15, -0.1) is 0 Å². The Hall–Kier alpha value is -3.10. The lowest BCUT2D eigenvalue weighted by Gasteiger charge is -2.26. The number of hydrogen-bond donors (Lipinski definition) is 3. The molecule has 3 N–H and O–H groups in total. The molecule has 1 aromatic rings. The summed E-state index contributed by atoms with van der Waals surface area (Å²) in [6, 6.07) is 6.17. The van der Waals surface area contributed by atoms with Crippen molar-refractivity contribution in [3.8, 4) is 0 Å². The molecule has 0 aromatic heterocycles. The maximum Gasteiger partial charge on any atom is 0.407 e. The summed E-state index contributed by atoms with van der Waals surface area (Å²) < 4.78 is 5.14. The van der Waals surface area contributed by atoms with Crippen molar-refractivity contribution in [2.24, 2.45) is 0 Å². The largest absolute Gasteiger partial charge is 0.444 e. The summed E-state index contributed by atoms with van der Waals surface area (Å²) >= 11 is 0. The van der Waals surface area contributed by atoms with E-state index in [0.717, 1.165) is 0 Å². The Labute approximate surface area is 170 Å². The van der Waals surface area contributed by atoms with Gasteiger partial charge in [-0.3, -0.25) is 19.8 Å². The van der Waals surface area contributed by atoms with Gasteiger partial charge in [-0.05, 0) is 57.9 Å². The molecule has 1 aliphatic rings. The molecule has 0 atom stereocenters. The van der Waals surface area contributed by atoms with Crippen LogP contribution in [-0.4, -0.2) is 49.2 Å². The lowest BCUT2D eigenvalue weighted by Crippen LogP contribution is -2.49. The third-order valence-electron chi connectivity index (χ3n) is 4.05. The van der Waals surface area contributed by atoms with Gasteiger partial charge in [-0.2, -0.15) is 0 Å². The van der Waals surface area contributed by atoms with Crippen molar-refractivity contribution in [1.29, 1.82) is 0 Å². The Bertz CT molecular complexity index is 755. The second kappa shape index (κ2) is 9.90. The van der Waals surface area contributed by atoms with Crippen LogP contribution in [0.2, 0.25) is 0 Å². The zero-order valence-electron chi connectivity index (χ0n) is 17.0. The number of alkyl carbamates (subject to hydrolysis) is 1. The number of nitrogens with one attached hydrogen (secondary N) is 3. The number of ether oxygens (including phenoxy) is 1. The molecule has 29 heavy (non-hydrogen) atoms. The van der Waals surface area contributed by atoms with E-state index in [1.807, 2.05) is 0 Å². The summed E-state index contributed by atoms with van der Waals surface area (Å²) in [4.78, 5) is 48.2. The van der Waals surface area contributed by atoms with Crippen molar-refractivity contribution in [2.45, 2.75) is 45.6 Å². The summed E-state index contributed by atoms with van der Waals surface area (Å²) in [5.74, 6) is -0.501. The first-order chi connectivity index (χ1) is 13.7. The molecule has 0 saturated carbocycles. The molecule has 0 bridgehead atoms. The molecule has 9 nitrogen and oxygen atoms in total. The lowest BCUT2D eigenvalue weighted by molar-refractivity contribution is -0.120. The van der Waals surface area contributed by atoms with Gasteiger partial charge in [0.25, 0.3) is 5.91 Å². The zero-order chi connectivity index (χ0) is 21.4. The summed E-state index contributed by atoms with van der Waals surface area (Å²) in [7, 11) is 0. The average molecular weight is 404 g/mol. The zero-order valence-corrected chi connectivity index (χ0v) is 17.0. The number of nitrogens with zero attached hydrogens (tertiary/aromatic N) is 1. The summed E-state index contributed by atoms with van der Waals surface area (Å²) in [5, 5.41) is 7.75. The van der Waals surface area contributed by atoms with Gasteiger partial charge in [-0.1, -0.05) is 0 Å². The molecule has 1 heterocycles. The molecule has 1 fully saturated rings. The highest BCUT2D eigenvalue weighted by Gasteiger charge is 2.24. The van der Waals surface area contributed by atoms with E-state index in [9.17, 15) is 19.2 Å². The van der Waals surface area contributed by atoms with Crippen LogP contribution in [0.15, 0.2) is 24.3 Å². The lowest BCUT2D eigenvalue weighted by atomic mass is 10.1. The van der Waals surface area contributed by atoms with Crippen molar-refractivity contribution >= 4 is 29.6 Å². The summed E-state index contributed by atoms with van der Waals surface area (Å²) in [5.41, 5.74) is 0.580. The van der Waals surface area contributed by atoms with Crippen LogP contribution in [0.3, 0.4) is 0 Å². The molecule has 158 valence electrons. The number of imide groups is 1. The van der Waals surface area contributed by atoms with Gasteiger partial charge in [0.2, 0.25) is 5.91 Å². The van der Waals surface area contributed by atoms with Crippen molar-refractivity contribution in [3.05, 3.63) is 29.8 Å². The van der Waals surface area contributed by atoms with E-state index in [0.29, 0.717) is 43.7 Å². The Kier molecular flexibility index (Phi) is 7.58. The Morgan fingerprint density at radius 2 is 1.69 bits per heavy atom. The van der Waals surface area contributed by atoms with Crippen LogP contribution in [0.1, 0.15) is 50.4 Å². The number of benzene rings is 1. The van der Waals surface area contributed by atoms with Crippen LogP contribution in [0.4, 0.5) is 15.3 Å². The van der Waals surface area contributed by atoms with E-state index in [4.69, 9.17) is 4.74 Å². The average Bonchev–Trinajstić information content (AvgIpc) is 2.63. The summed E-state index contributed by atoms with van der Waals surface area (Å²) in [6.45, 7) is 6.67.